The fourth-order valence-corrected chi connectivity index (χ4v) is 6.88. The van der Waals surface area contributed by atoms with E-state index in [1.165, 1.54) is 18.2 Å². The first kappa shape index (κ1) is 20.0. The number of non-ortho nitro benzene ring substituents is 1. The van der Waals surface area contributed by atoms with Crippen molar-refractivity contribution < 1.29 is 27.1 Å². The zero-order valence-electron chi connectivity index (χ0n) is 15.9. The lowest BCUT2D eigenvalue weighted by Gasteiger charge is -2.57. The van der Waals surface area contributed by atoms with Crippen molar-refractivity contribution in [2.75, 3.05) is 0 Å². The Hall–Kier alpha value is -2.26. The molecular formula is C20H23NO7S. The summed E-state index contributed by atoms with van der Waals surface area (Å²) in [5.74, 6) is 0.695. The zero-order chi connectivity index (χ0) is 20.8. The quantitative estimate of drug-likeness (QED) is 0.165. The van der Waals surface area contributed by atoms with Gasteiger partial charge < -0.3 is 4.74 Å². The molecule has 4 aliphatic rings. The molecule has 4 fully saturated rings. The molecule has 0 aliphatic heterocycles. The number of benzene rings is 1. The van der Waals surface area contributed by atoms with E-state index < -0.39 is 32.7 Å². The Morgan fingerprint density at radius 1 is 1.21 bits per heavy atom. The average Bonchev–Trinajstić information content (AvgIpc) is 2.66. The Balaban J connectivity index is 1.66. The molecule has 1 aromatic rings. The Bertz CT molecular complexity index is 920. The monoisotopic (exact) mass is 421 g/mol. The summed E-state index contributed by atoms with van der Waals surface area (Å²) in [6.07, 6.45) is 5.33. The zero-order valence-corrected chi connectivity index (χ0v) is 16.7. The van der Waals surface area contributed by atoms with Crippen LogP contribution in [0.3, 0.4) is 0 Å². The fourth-order valence-electron chi connectivity index (χ4n) is 5.79. The van der Waals surface area contributed by atoms with E-state index in [0.29, 0.717) is 17.8 Å². The topological polar surface area (TPSA) is 113 Å². The molecule has 0 amide bonds. The number of esters is 1. The van der Waals surface area contributed by atoms with Gasteiger partial charge in [0.1, 0.15) is 4.90 Å². The molecule has 156 valence electrons. The number of hydrogen-bond donors (Lipinski definition) is 0. The van der Waals surface area contributed by atoms with Crippen molar-refractivity contribution in [2.45, 2.75) is 49.7 Å². The molecule has 0 radical (unpaired) electrons. The maximum absolute atomic E-state index is 12.9. The van der Waals surface area contributed by atoms with Crippen LogP contribution in [-0.2, 0) is 23.8 Å². The molecular weight excluding hydrogens is 398 g/mol. The highest BCUT2D eigenvalue weighted by Crippen LogP contribution is 2.62. The van der Waals surface area contributed by atoms with E-state index in [0.717, 1.165) is 50.7 Å². The maximum Gasteiger partial charge on any atom is 0.332 e. The van der Waals surface area contributed by atoms with Gasteiger partial charge in [-0.25, -0.2) is 8.98 Å². The van der Waals surface area contributed by atoms with E-state index in [-0.39, 0.29) is 10.6 Å². The van der Waals surface area contributed by atoms with Crippen molar-refractivity contribution in [3.05, 3.63) is 47.0 Å². The molecule has 0 saturated heterocycles. The Labute approximate surface area is 169 Å². The first-order chi connectivity index (χ1) is 13.7. The average molecular weight is 421 g/mol. The molecule has 0 aromatic heterocycles. The van der Waals surface area contributed by atoms with Crippen molar-refractivity contribution in [3.8, 4) is 0 Å². The van der Waals surface area contributed by atoms with Gasteiger partial charge in [-0.15, -0.1) is 0 Å². The van der Waals surface area contributed by atoms with Gasteiger partial charge in [0, 0.05) is 23.6 Å². The number of carbonyl (C=O) groups excluding carboxylic acids is 1. The third-order valence-electron chi connectivity index (χ3n) is 6.51. The number of nitro groups is 1. The van der Waals surface area contributed by atoms with Gasteiger partial charge in [-0.2, -0.15) is 8.42 Å². The normalized spacial score (nSPS) is 31.2. The van der Waals surface area contributed by atoms with Crippen molar-refractivity contribution in [3.63, 3.8) is 0 Å². The van der Waals surface area contributed by atoms with Crippen molar-refractivity contribution >= 4 is 21.8 Å². The summed E-state index contributed by atoms with van der Waals surface area (Å²) >= 11 is 0. The maximum atomic E-state index is 12.9. The molecule has 0 spiro atoms. The second kappa shape index (κ2) is 7.21. The summed E-state index contributed by atoms with van der Waals surface area (Å²) in [7, 11) is -4.38. The number of carbonyl (C=O) groups is 1. The predicted octanol–water partition coefficient (Wildman–Crippen LogP) is 3.57. The number of hydrogen-bond acceptors (Lipinski definition) is 7. The van der Waals surface area contributed by atoms with Crippen LogP contribution in [0.25, 0.3) is 0 Å². The lowest BCUT2D eigenvalue weighted by atomic mass is 9.49. The number of nitro benzene ring substituents is 1. The summed E-state index contributed by atoms with van der Waals surface area (Å²) in [6, 6.07) is 4.66. The summed E-state index contributed by atoms with van der Waals surface area (Å²) in [5.41, 5.74) is -0.912. The summed E-state index contributed by atoms with van der Waals surface area (Å²) in [6.45, 7) is 3.39. The van der Waals surface area contributed by atoms with Crippen LogP contribution < -0.4 is 0 Å². The van der Waals surface area contributed by atoms with Crippen LogP contribution >= 0.6 is 0 Å². The van der Waals surface area contributed by atoms with Crippen molar-refractivity contribution in [1.82, 2.24) is 0 Å². The van der Waals surface area contributed by atoms with E-state index in [2.05, 4.69) is 6.58 Å². The highest BCUT2D eigenvalue weighted by atomic mass is 32.2. The van der Waals surface area contributed by atoms with E-state index in [4.69, 9.17) is 8.92 Å². The molecule has 29 heavy (non-hydrogen) atoms. The fraction of sp³-hybridized carbons (Fsp3) is 0.550. The molecule has 1 aromatic carbocycles. The van der Waals surface area contributed by atoms with Crippen LogP contribution in [-0.4, -0.2) is 25.6 Å². The van der Waals surface area contributed by atoms with Crippen LogP contribution in [0, 0.1) is 33.3 Å². The Kier molecular flexibility index (Phi) is 4.98. The molecule has 1 atom stereocenters. The van der Waals surface area contributed by atoms with Crippen molar-refractivity contribution in [1.29, 1.82) is 0 Å². The lowest BCUT2D eigenvalue weighted by Crippen LogP contribution is -2.54. The molecule has 4 aliphatic carbocycles. The SMILES string of the molecule is C=CC(=O)OC(OS(=O)(=O)c1cccc([N+](=O)[O-])c1)C12CC3CC(CC(C3)C1)C2. The third-order valence-corrected chi connectivity index (χ3v) is 7.77. The van der Waals surface area contributed by atoms with E-state index >= 15 is 0 Å². The Morgan fingerprint density at radius 3 is 2.31 bits per heavy atom. The molecule has 5 rings (SSSR count). The first-order valence-corrected chi connectivity index (χ1v) is 11.1. The minimum atomic E-state index is -4.38. The first-order valence-electron chi connectivity index (χ1n) is 9.71. The van der Waals surface area contributed by atoms with Crippen molar-refractivity contribution in [2.24, 2.45) is 23.2 Å². The van der Waals surface area contributed by atoms with Gasteiger partial charge in [0.2, 0.25) is 6.29 Å². The predicted molar refractivity (Wildman–Crippen MR) is 102 cm³/mol. The van der Waals surface area contributed by atoms with Gasteiger partial charge in [-0.3, -0.25) is 10.1 Å². The number of ether oxygens (including phenoxy) is 1. The minimum Gasteiger partial charge on any atom is -0.431 e. The smallest absolute Gasteiger partial charge is 0.332 e. The Morgan fingerprint density at radius 2 is 1.79 bits per heavy atom. The molecule has 8 nitrogen and oxygen atoms in total. The number of rotatable bonds is 7. The minimum absolute atomic E-state index is 0.337. The molecule has 9 heteroatoms. The van der Waals surface area contributed by atoms with E-state index in [1.54, 1.807) is 0 Å². The van der Waals surface area contributed by atoms with Crippen LogP contribution in [0.2, 0.25) is 0 Å². The molecule has 0 N–H and O–H groups in total. The van der Waals surface area contributed by atoms with Gasteiger partial charge >= 0.3 is 16.1 Å². The highest BCUT2D eigenvalue weighted by molar-refractivity contribution is 7.86. The summed E-state index contributed by atoms with van der Waals surface area (Å²) in [4.78, 5) is 22.0. The standard InChI is InChI=1S/C20H23NO7S/c1-2-18(22)27-19(20-10-13-6-14(11-20)8-15(7-13)12-20)28-29(25,26)17-5-3-4-16(9-17)21(23)24/h2-5,9,13-15,19H,1,6-8,10-12H2. The van der Waals surface area contributed by atoms with Crippen LogP contribution in [0.15, 0.2) is 41.8 Å². The second-order valence-corrected chi connectivity index (χ2v) is 10.1. The second-order valence-electron chi connectivity index (χ2n) is 8.56. The van der Waals surface area contributed by atoms with E-state index in [1.807, 2.05) is 0 Å². The van der Waals surface area contributed by atoms with Gasteiger partial charge in [-0.1, -0.05) is 12.6 Å². The van der Waals surface area contributed by atoms with Crippen LogP contribution in [0.5, 0.6) is 0 Å². The highest BCUT2D eigenvalue weighted by Gasteiger charge is 2.57. The van der Waals surface area contributed by atoms with E-state index in [9.17, 15) is 23.3 Å². The largest absolute Gasteiger partial charge is 0.431 e. The van der Waals surface area contributed by atoms with Crippen LogP contribution in [0.4, 0.5) is 5.69 Å². The van der Waals surface area contributed by atoms with Gasteiger partial charge in [0.05, 0.1) is 4.92 Å². The molecule has 0 heterocycles. The summed E-state index contributed by atoms with van der Waals surface area (Å²) < 4.78 is 36.7. The molecule has 1 unspecified atom stereocenters. The van der Waals surface area contributed by atoms with Gasteiger partial charge in [0.15, 0.2) is 0 Å². The van der Waals surface area contributed by atoms with Gasteiger partial charge in [-0.05, 0) is 62.3 Å². The molecule has 4 bridgehead atoms. The van der Waals surface area contributed by atoms with Gasteiger partial charge in [0.25, 0.3) is 5.69 Å². The van der Waals surface area contributed by atoms with Crippen LogP contribution in [0.1, 0.15) is 38.5 Å². The lowest BCUT2D eigenvalue weighted by molar-refractivity contribution is -0.385. The molecule has 4 saturated carbocycles. The summed E-state index contributed by atoms with van der Waals surface area (Å²) in [5, 5.41) is 11.0. The number of nitrogens with zero attached hydrogens (tertiary/aromatic N) is 1. The third kappa shape index (κ3) is 3.81.